The Morgan fingerprint density at radius 2 is 2.05 bits per heavy atom. The summed E-state index contributed by atoms with van der Waals surface area (Å²) in [6.45, 7) is 1.33. The molecular weight excluding hydrogens is 275 g/mol. The number of nitrogens with zero attached hydrogens (tertiary/aromatic N) is 1. The molecule has 0 aliphatic heterocycles. The number of esters is 1. The van der Waals surface area contributed by atoms with Crippen molar-refractivity contribution < 1.29 is 31.5 Å². The van der Waals surface area contributed by atoms with E-state index in [0.29, 0.717) is 6.07 Å². The number of carbonyl (C=O) groups is 1. The van der Waals surface area contributed by atoms with Gasteiger partial charge in [-0.05, 0) is 13.0 Å². The van der Waals surface area contributed by atoms with Crippen LogP contribution in [0.15, 0.2) is 6.07 Å². The van der Waals surface area contributed by atoms with Crippen molar-refractivity contribution in [3.63, 3.8) is 0 Å². The fraction of sp³-hybridized carbons (Fsp3) is 0.400. The van der Waals surface area contributed by atoms with E-state index in [1.807, 2.05) is 0 Å². The van der Waals surface area contributed by atoms with Gasteiger partial charge < -0.3 is 10.5 Å². The zero-order chi connectivity index (χ0) is 14.8. The molecule has 0 fully saturated rings. The molecule has 0 saturated carbocycles. The van der Waals surface area contributed by atoms with Crippen molar-refractivity contribution in [2.24, 2.45) is 0 Å². The fourth-order valence-corrected chi connectivity index (χ4v) is 1.33. The second-order valence-corrected chi connectivity index (χ2v) is 3.38. The highest BCUT2D eigenvalue weighted by atomic mass is 19.4. The average molecular weight is 284 g/mol. The summed E-state index contributed by atoms with van der Waals surface area (Å²) in [5.74, 6) is -1.17. The molecule has 4 nitrogen and oxygen atoms in total. The number of anilines is 1. The quantitative estimate of drug-likeness (QED) is 0.684. The molecule has 0 bridgehead atoms. The van der Waals surface area contributed by atoms with E-state index in [2.05, 4.69) is 9.72 Å². The molecule has 0 amide bonds. The highest BCUT2D eigenvalue weighted by molar-refractivity contribution is 5.88. The normalized spacial score (nSPS) is 11.7. The summed E-state index contributed by atoms with van der Waals surface area (Å²) in [7, 11) is 0. The van der Waals surface area contributed by atoms with Crippen molar-refractivity contribution in [3.8, 4) is 0 Å². The lowest BCUT2D eigenvalue weighted by molar-refractivity contribution is -0.143. The van der Waals surface area contributed by atoms with Crippen LogP contribution in [-0.2, 0) is 10.9 Å². The van der Waals surface area contributed by atoms with E-state index in [1.165, 1.54) is 6.92 Å². The van der Waals surface area contributed by atoms with Crippen LogP contribution in [0.25, 0.3) is 0 Å². The third-order valence-corrected chi connectivity index (χ3v) is 2.06. The van der Waals surface area contributed by atoms with Gasteiger partial charge in [-0.3, -0.25) is 0 Å². The molecule has 19 heavy (non-hydrogen) atoms. The smallest absolute Gasteiger partial charge is 0.433 e. The first-order valence-electron chi connectivity index (χ1n) is 5.01. The number of halogens is 5. The SMILES string of the molecule is CCOC(=O)c1cc(N)c(C(F)F)c(C(F)(F)F)n1. The van der Waals surface area contributed by atoms with Gasteiger partial charge in [0, 0.05) is 5.69 Å². The van der Waals surface area contributed by atoms with Crippen LogP contribution >= 0.6 is 0 Å². The maximum atomic E-state index is 12.6. The van der Waals surface area contributed by atoms with Gasteiger partial charge >= 0.3 is 12.1 Å². The molecule has 0 spiro atoms. The zero-order valence-electron chi connectivity index (χ0n) is 9.59. The van der Waals surface area contributed by atoms with E-state index in [4.69, 9.17) is 5.73 Å². The van der Waals surface area contributed by atoms with E-state index in [1.54, 1.807) is 0 Å². The van der Waals surface area contributed by atoms with Crippen molar-refractivity contribution in [2.45, 2.75) is 19.5 Å². The maximum Gasteiger partial charge on any atom is 0.433 e. The number of hydrogen-bond acceptors (Lipinski definition) is 4. The lowest BCUT2D eigenvalue weighted by Crippen LogP contribution is -2.18. The van der Waals surface area contributed by atoms with Crippen molar-refractivity contribution in [1.29, 1.82) is 0 Å². The Labute approximate surface area is 104 Å². The second-order valence-electron chi connectivity index (χ2n) is 3.38. The first-order chi connectivity index (χ1) is 8.68. The van der Waals surface area contributed by atoms with E-state index in [9.17, 15) is 26.7 Å². The van der Waals surface area contributed by atoms with Gasteiger partial charge in [-0.15, -0.1) is 0 Å². The van der Waals surface area contributed by atoms with Crippen LogP contribution in [0.4, 0.5) is 27.6 Å². The lowest BCUT2D eigenvalue weighted by atomic mass is 10.1. The summed E-state index contributed by atoms with van der Waals surface area (Å²) in [6, 6.07) is 0.634. The number of hydrogen-bond donors (Lipinski definition) is 1. The minimum atomic E-state index is -5.15. The van der Waals surface area contributed by atoms with E-state index in [-0.39, 0.29) is 6.61 Å². The Morgan fingerprint density at radius 3 is 2.47 bits per heavy atom. The number of ether oxygens (including phenoxy) is 1. The summed E-state index contributed by atoms with van der Waals surface area (Å²) >= 11 is 0. The van der Waals surface area contributed by atoms with E-state index in [0.717, 1.165) is 0 Å². The van der Waals surface area contributed by atoms with Crippen LogP contribution in [0.2, 0.25) is 0 Å². The van der Waals surface area contributed by atoms with Gasteiger partial charge in [-0.25, -0.2) is 18.6 Å². The molecule has 0 atom stereocenters. The minimum absolute atomic E-state index is 0.0988. The largest absolute Gasteiger partial charge is 0.461 e. The minimum Gasteiger partial charge on any atom is -0.461 e. The number of aromatic nitrogens is 1. The first-order valence-corrected chi connectivity index (χ1v) is 5.01. The standard InChI is InChI=1S/C10H9F5N2O2/c1-2-19-9(18)5-3-4(16)6(8(11)12)7(17-5)10(13,14)15/h3,8H,2H2,1H3,(H2,16,17). The van der Waals surface area contributed by atoms with Gasteiger partial charge in [0.15, 0.2) is 11.4 Å². The number of rotatable bonds is 3. The van der Waals surface area contributed by atoms with Crippen LogP contribution in [0.1, 0.15) is 35.1 Å². The summed E-state index contributed by atoms with van der Waals surface area (Å²) < 4.78 is 67.4. The number of pyridine rings is 1. The highest BCUT2D eigenvalue weighted by Crippen LogP contribution is 2.38. The molecule has 1 rings (SSSR count). The van der Waals surface area contributed by atoms with Gasteiger partial charge in [-0.2, -0.15) is 13.2 Å². The summed E-state index contributed by atoms with van der Waals surface area (Å²) in [5, 5.41) is 0. The van der Waals surface area contributed by atoms with Gasteiger partial charge in [0.1, 0.15) is 0 Å². The Balaban J connectivity index is 3.44. The van der Waals surface area contributed by atoms with Gasteiger partial charge in [0.25, 0.3) is 6.43 Å². The van der Waals surface area contributed by atoms with Crippen LogP contribution in [0.5, 0.6) is 0 Å². The molecule has 1 aromatic heterocycles. The van der Waals surface area contributed by atoms with Crippen LogP contribution in [0, 0.1) is 0 Å². The monoisotopic (exact) mass is 284 g/mol. The number of alkyl halides is 5. The molecule has 1 heterocycles. The number of carbonyl (C=O) groups excluding carboxylic acids is 1. The maximum absolute atomic E-state index is 12.6. The molecule has 9 heteroatoms. The van der Waals surface area contributed by atoms with Crippen molar-refractivity contribution in [3.05, 3.63) is 23.0 Å². The molecule has 1 aromatic rings. The second kappa shape index (κ2) is 5.37. The molecule has 0 aliphatic rings. The first kappa shape index (κ1) is 15.1. The van der Waals surface area contributed by atoms with Gasteiger partial charge in [-0.1, -0.05) is 0 Å². The third-order valence-electron chi connectivity index (χ3n) is 2.06. The van der Waals surface area contributed by atoms with Gasteiger partial charge in [0.05, 0.1) is 12.2 Å². The van der Waals surface area contributed by atoms with Gasteiger partial charge in [0.2, 0.25) is 0 Å². The molecule has 0 radical (unpaired) electrons. The Kier molecular flexibility index (Phi) is 4.28. The van der Waals surface area contributed by atoms with Crippen LogP contribution in [0.3, 0.4) is 0 Å². The van der Waals surface area contributed by atoms with Crippen molar-refractivity contribution >= 4 is 11.7 Å². The van der Waals surface area contributed by atoms with Crippen LogP contribution < -0.4 is 5.73 Å². The predicted molar refractivity (Wildman–Crippen MR) is 54.6 cm³/mol. The predicted octanol–water partition coefficient (Wildman–Crippen LogP) is 2.80. The summed E-state index contributed by atoms with van der Waals surface area (Å²) in [4.78, 5) is 14.1. The molecule has 0 aromatic carbocycles. The molecule has 2 N–H and O–H groups in total. The zero-order valence-corrected chi connectivity index (χ0v) is 9.59. The third kappa shape index (κ3) is 3.30. The fourth-order valence-electron chi connectivity index (χ4n) is 1.33. The Bertz CT molecular complexity index is 488. The average Bonchev–Trinajstić information content (AvgIpc) is 2.26. The van der Waals surface area contributed by atoms with E-state index >= 15 is 0 Å². The summed E-state index contributed by atoms with van der Waals surface area (Å²) in [6.07, 6.45) is -8.61. The molecular formula is C10H9F5N2O2. The molecule has 0 aliphatic carbocycles. The Hall–Kier alpha value is -1.93. The summed E-state index contributed by atoms with van der Waals surface area (Å²) in [5.41, 5.74) is 0.170. The molecule has 0 saturated heterocycles. The molecule has 106 valence electrons. The number of nitrogens with two attached hydrogens (primary N) is 1. The van der Waals surface area contributed by atoms with Crippen LogP contribution in [-0.4, -0.2) is 17.6 Å². The highest BCUT2D eigenvalue weighted by Gasteiger charge is 2.40. The van der Waals surface area contributed by atoms with Crippen molar-refractivity contribution in [1.82, 2.24) is 4.98 Å². The lowest BCUT2D eigenvalue weighted by Gasteiger charge is -2.14. The molecule has 0 unspecified atom stereocenters. The van der Waals surface area contributed by atoms with E-state index < -0.39 is 41.2 Å². The topological polar surface area (TPSA) is 65.2 Å². The Morgan fingerprint density at radius 1 is 1.47 bits per heavy atom. The van der Waals surface area contributed by atoms with Crippen molar-refractivity contribution in [2.75, 3.05) is 12.3 Å². The number of nitrogen functional groups attached to an aromatic ring is 1.